The van der Waals surface area contributed by atoms with Gasteiger partial charge in [0.1, 0.15) is 0 Å². The molecule has 3 rings (SSSR count). The first-order valence-electron chi connectivity index (χ1n) is 7.34. The zero-order valence-electron chi connectivity index (χ0n) is 12.5. The molecular formula is C19H16N2O2. The normalized spacial score (nSPS) is 10.3. The second-order valence-corrected chi connectivity index (χ2v) is 5.23. The monoisotopic (exact) mass is 304 g/mol. The Hall–Kier alpha value is -3.14. The Labute approximate surface area is 133 Å². The summed E-state index contributed by atoms with van der Waals surface area (Å²) in [6, 6.07) is 20.4. The average Bonchev–Trinajstić information content (AvgIpc) is 2.56. The number of hydrogen-bond acceptors (Lipinski definition) is 2. The van der Waals surface area contributed by atoms with Crippen LogP contribution in [0.25, 0.3) is 11.1 Å². The molecule has 0 spiro atoms. The molecule has 0 atom stereocenters. The highest BCUT2D eigenvalue weighted by Crippen LogP contribution is 2.19. The Morgan fingerprint density at radius 1 is 0.913 bits per heavy atom. The number of H-pyrrole nitrogens is 1. The van der Waals surface area contributed by atoms with Gasteiger partial charge in [0.15, 0.2) is 0 Å². The van der Waals surface area contributed by atoms with E-state index in [4.69, 9.17) is 0 Å². The van der Waals surface area contributed by atoms with Crippen molar-refractivity contribution in [3.05, 3.63) is 88.8 Å². The molecule has 23 heavy (non-hydrogen) atoms. The lowest BCUT2D eigenvalue weighted by atomic mass is 10.1. The number of amides is 1. The van der Waals surface area contributed by atoms with Gasteiger partial charge in [-0.1, -0.05) is 42.5 Å². The van der Waals surface area contributed by atoms with Crippen molar-refractivity contribution in [3.63, 3.8) is 0 Å². The second kappa shape index (κ2) is 6.75. The summed E-state index contributed by atoms with van der Waals surface area (Å²) in [6.45, 7) is 0. The Morgan fingerprint density at radius 2 is 1.65 bits per heavy atom. The largest absolute Gasteiger partial charge is 0.329 e. The van der Waals surface area contributed by atoms with Gasteiger partial charge in [-0.05, 0) is 34.9 Å². The summed E-state index contributed by atoms with van der Waals surface area (Å²) in [6.07, 6.45) is 1.96. The van der Waals surface area contributed by atoms with Gasteiger partial charge in [0.2, 0.25) is 11.5 Å². The van der Waals surface area contributed by atoms with Crippen molar-refractivity contribution < 1.29 is 4.79 Å². The smallest absolute Gasteiger partial charge is 0.248 e. The molecule has 0 saturated heterocycles. The molecule has 4 nitrogen and oxygen atoms in total. The van der Waals surface area contributed by atoms with Crippen molar-refractivity contribution in [2.75, 3.05) is 5.32 Å². The molecule has 2 N–H and O–H groups in total. The van der Waals surface area contributed by atoms with Crippen molar-refractivity contribution in [1.82, 2.24) is 4.98 Å². The van der Waals surface area contributed by atoms with E-state index in [0.717, 1.165) is 22.4 Å². The van der Waals surface area contributed by atoms with Gasteiger partial charge in [-0.15, -0.1) is 0 Å². The van der Waals surface area contributed by atoms with Gasteiger partial charge in [-0.25, -0.2) is 0 Å². The lowest BCUT2D eigenvalue weighted by Crippen LogP contribution is -2.14. The fraction of sp³-hybridized carbons (Fsp3) is 0.0526. The molecule has 114 valence electrons. The molecule has 0 aliphatic heterocycles. The SMILES string of the molecule is O=C(Cc1ccccc1)Nc1ccc(-c2cc[nH]c(=O)c2)cc1. The minimum absolute atomic E-state index is 0.0555. The fourth-order valence-corrected chi connectivity index (χ4v) is 2.36. The number of aromatic nitrogens is 1. The molecule has 4 heteroatoms. The molecule has 0 aliphatic carbocycles. The lowest BCUT2D eigenvalue weighted by molar-refractivity contribution is -0.115. The molecule has 0 bridgehead atoms. The number of nitrogens with one attached hydrogen (secondary N) is 2. The van der Waals surface area contributed by atoms with Gasteiger partial charge >= 0.3 is 0 Å². The van der Waals surface area contributed by atoms with Crippen molar-refractivity contribution >= 4 is 11.6 Å². The highest BCUT2D eigenvalue weighted by Gasteiger charge is 2.04. The van der Waals surface area contributed by atoms with Crippen molar-refractivity contribution in [3.8, 4) is 11.1 Å². The maximum atomic E-state index is 12.0. The summed E-state index contributed by atoms with van der Waals surface area (Å²) >= 11 is 0. The minimum Gasteiger partial charge on any atom is -0.329 e. The zero-order valence-corrected chi connectivity index (χ0v) is 12.5. The van der Waals surface area contributed by atoms with Gasteiger partial charge < -0.3 is 10.3 Å². The van der Waals surface area contributed by atoms with E-state index < -0.39 is 0 Å². The van der Waals surface area contributed by atoms with Gasteiger partial charge in [0.05, 0.1) is 6.42 Å². The molecule has 0 saturated carbocycles. The van der Waals surface area contributed by atoms with Gasteiger partial charge in [0.25, 0.3) is 0 Å². The molecule has 1 aromatic heterocycles. The van der Waals surface area contributed by atoms with E-state index in [-0.39, 0.29) is 11.5 Å². The summed E-state index contributed by atoms with van der Waals surface area (Å²) in [5.41, 5.74) is 3.35. The van der Waals surface area contributed by atoms with Crippen LogP contribution in [-0.4, -0.2) is 10.9 Å². The highest BCUT2D eigenvalue weighted by atomic mass is 16.1. The Morgan fingerprint density at radius 3 is 2.35 bits per heavy atom. The minimum atomic E-state index is -0.136. The number of carbonyl (C=O) groups is 1. The first-order valence-corrected chi connectivity index (χ1v) is 7.34. The van der Waals surface area contributed by atoms with E-state index in [1.54, 1.807) is 12.3 Å². The average molecular weight is 304 g/mol. The third-order valence-corrected chi connectivity index (χ3v) is 3.48. The van der Waals surface area contributed by atoms with Crippen LogP contribution in [0.1, 0.15) is 5.56 Å². The molecular weight excluding hydrogens is 288 g/mol. The summed E-state index contributed by atoms with van der Waals surface area (Å²) in [4.78, 5) is 26.0. The predicted molar refractivity (Wildman–Crippen MR) is 91.3 cm³/mol. The quantitative estimate of drug-likeness (QED) is 0.777. The summed E-state index contributed by atoms with van der Waals surface area (Å²) in [5, 5.41) is 2.87. The first-order chi connectivity index (χ1) is 11.2. The fourth-order valence-electron chi connectivity index (χ4n) is 2.36. The third-order valence-electron chi connectivity index (χ3n) is 3.48. The summed E-state index contributed by atoms with van der Waals surface area (Å²) < 4.78 is 0. The molecule has 0 aliphatic rings. The van der Waals surface area contributed by atoms with Gasteiger partial charge in [-0.3, -0.25) is 9.59 Å². The van der Waals surface area contributed by atoms with Crippen LogP contribution in [0.4, 0.5) is 5.69 Å². The van der Waals surface area contributed by atoms with E-state index in [9.17, 15) is 9.59 Å². The number of rotatable bonds is 4. The molecule has 2 aromatic carbocycles. The van der Waals surface area contributed by atoms with Crippen molar-refractivity contribution in [2.45, 2.75) is 6.42 Å². The number of pyridine rings is 1. The predicted octanol–water partition coefficient (Wildman–Crippen LogP) is 3.22. The van der Waals surface area contributed by atoms with Crippen LogP contribution in [0.3, 0.4) is 0 Å². The third kappa shape index (κ3) is 3.95. The maximum absolute atomic E-state index is 12.0. The van der Waals surface area contributed by atoms with E-state index >= 15 is 0 Å². The second-order valence-electron chi connectivity index (χ2n) is 5.23. The lowest BCUT2D eigenvalue weighted by Gasteiger charge is -2.07. The van der Waals surface area contributed by atoms with E-state index in [1.165, 1.54) is 0 Å². The first kappa shape index (κ1) is 14.8. The van der Waals surface area contributed by atoms with Crippen LogP contribution in [0, 0.1) is 0 Å². The standard InChI is InChI=1S/C19H16N2O2/c22-18-13-16(10-11-20-18)15-6-8-17(9-7-15)21-19(23)12-14-4-2-1-3-5-14/h1-11,13H,12H2,(H,20,22)(H,21,23). The van der Waals surface area contributed by atoms with Crippen LogP contribution in [-0.2, 0) is 11.2 Å². The number of aromatic amines is 1. The zero-order chi connectivity index (χ0) is 16.1. The number of hydrogen-bond donors (Lipinski definition) is 2. The summed E-state index contributed by atoms with van der Waals surface area (Å²) in [7, 11) is 0. The Kier molecular flexibility index (Phi) is 4.34. The van der Waals surface area contributed by atoms with Crippen LogP contribution in [0.2, 0.25) is 0 Å². The van der Waals surface area contributed by atoms with Crippen LogP contribution in [0.15, 0.2) is 77.7 Å². The topological polar surface area (TPSA) is 62.0 Å². The Bertz CT molecular complexity index is 852. The van der Waals surface area contributed by atoms with Crippen LogP contribution in [0.5, 0.6) is 0 Å². The number of carbonyl (C=O) groups excluding carboxylic acids is 1. The summed E-state index contributed by atoms with van der Waals surface area (Å²) in [5.74, 6) is -0.0555. The molecule has 1 amide bonds. The van der Waals surface area contributed by atoms with Crippen molar-refractivity contribution in [2.24, 2.45) is 0 Å². The molecule has 0 fully saturated rings. The van der Waals surface area contributed by atoms with E-state index in [0.29, 0.717) is 6.42 Å². The maximum Gasteiger partial charge on any atom is 0.248 e. The van der Waals surface area contributed by atoms with E-state index in [1.807, 2.05) is 60.7 Å². The van der Waals surface area contributed by atoms with E-state index in [2.05, 4.69) is 10.3 Å². The molecule has 1 heterocycles. The molecule has 0 unspecified atom stereocenters. The molecule has 3 aromatic rings. The number of anilines is 1. The van der Waals surface area contributed by atoms with Crippen molar-refractivity contribution in [1.29, 1.82) is 0 Å². The molecule has 0 radical (unpaired) electrons. The van der Waals surface area contributed by atoms with Gasteiger partial charge in [0, 0.05) is 18.0 Å². The highest BCUT2D eigenvalue weighted by molar-refractivity contribution is 5.92. The van der Waals surface area contributed by atoms with Crippen LogP contribution < -0.4 is 10.9 Å². The van der Waals surface area contributed by atoms with Gasteiger partial charge in [-0.2, -0.15) is 0 Å². The Balaban J connectivity index is 1.68. The van der Waals surface area contributed by atoms with Crippen LogP contribution >= 0.6 is 0 Å². The number of benzene rings is 2.